The Bertz CT molecular complexity index is 300. The van der Waals surface area contributed by atoms with Gasteiger partial charge in [0.1, 0.15) is 5.52 Å². The molecule has 0 bridgehead atoms. The summed E-state index contributed by atoms with van der Waals surface area (Å²) in [7, 11) is -10.3. The van der Waals surface area contributed by atoms with Gasteiger partial charge in [0, 0.05) is 6.04 Å². The topological polar surface area (TPSA) is 133 Å². The van der Waals surface area contributed by atoms with Crippen LogP contribution in [0.1, 0.15) is 32.1 Å². The van der Waals surface area contributed by atoms with E-state index in [-0.39, 0.29) is 43.8 Å². The standard InChI is InChI=1S/C7H17NO6P2.Ca/c9-15(10,11)7(16(12,13)14)8-6-4-2-1-3-5-6;/h6-8H,1-5H2,(H2,9,10,11)(H2,12,13,14);/q;+2/p-2. The van der Waals surface area contributed by atoms with Crippen LogP contribution in [0, 0.1) is 0 Å². The quantitative estimate of drug-likeness (QED) is 0.443. The van der Waals surface area contributed by atoms with Crippen LogP contribution in [-0.2, 0) is 9.13 Å². The summed E-state index contributed by atoms with van der Waals surface area (Å²) in [6.45, 7) is 0. The first-order chi connectivity index (χ1) is 7.21. The van der Waals surface area contributed by atoms with Gasteiger partial charge in [-0.15, -0.1) is 0 Å². The van der Waals surface area contributed by atoms with Gasteiger partial charge in [-0.2, -0.15) is 0 Å². The van der Waals surface area contributed by atoms with Crippen molar-refractivity contribution in [2.24, 2.45) is 0 Å². The third-order valence-electron chi connectivity index (χ3n) is 2.61. The molecule has 0 aromatic carbocycles. The zero-order chi connectivity index (χ0) is 12.4. The maximum absolute atomic E-state index is 10.8. The van der Waals surface area contributed by atoms with E-state index in [0.717, 1.165) is 19.3 Å². The Balaban J connectivity index is 0.00000256. The molecule has 0 aromatic rings. The van der Waals surface area contributed by atoms with Crippen molar-refractivity contribution in [3.8, 4) is 0 Å². The molecule has 17 heavy (non-hydrogen) atoms. The number of nitrogens with one attached hydrogen (secondary N) is 1. The molecule has 0 heterocycles. The minimum absolute atomic E-state index is 0. The van der Waals surface area contributed by atoms with Crippen LogP contribution in [0.2, 0.25) is 0 Å². The Morgan fingerprint density at radius 3 is 1.82 bits per heavy atom. The monoisotopic (exact) mass is 311 g/mol. The molecule has 10 heteroatoms. The van der Waals surface area contributed by atoms with Gasteiger partial charge in [0.2, 0.25) is 0 Å². The molecule has 0 saturated heterocycles. The van der Waals surface area contributed by atoms with Crippen molar-refractivity contribution in [3.63, 3.8) is 0 Å². The summed E-state index contributed by atoms with van der Waals surface area (Å²) in [6.07, 6.45) is 4.03. The number of rotatable bonds is 4. The van der Waals surface area contributed by atoms with Crippen LogP contribution in [0.25, 0.3) is 0 Å². The van der Waals surface area contributed by atoms with Crippen LogP contribution in [-0.4, -0.2) is 59.1 Å². The molecule has 0 spiro atoms. The SMILES string of the molecule is O=P([O-])(O)C(NC1CCCCC1)P(=O)([O-])O.[Ca+2]. The average molecular weight is 311 g/mol. The molecule has 0 aromatic heterocycles. The summed E-state index contributed by atoms with van der Waals surface area (Å²) in [4.78, 5) is 39.2. The number of hydrogen-bond donors (Lipinski definition) is 3. The first-order valence-electron chi connectivity index (χ1n) is 5.04. The van der Waals surface area contributed by atoms with E-state index in [2.05, 4.69) is 5.32 Å². The van der Waals surface area contributed by atoms with Gasteiger partial charge in [-0.25, -0.2) is 0 Å². The van der Waals surface area contributed by atoms with E-state index in [9.17, 15) is 18.9 Å². The van der Waals surface area contributed by atoms with Gasteiger partial charge in [-0.3, -0.25) is 5.32 Å². The van der Waals surface area contributed by atoms with Crippen molar-refractivity contribution in [2.45, 2.75) is 43.7 Å². The molecule has 0 aliphatic heterocycles. The molecule has 96 valence electrons. The maximum Gasteiger partial charge on any atom is 2.00 e. The molecule has 7 nitrogen and oxygen atoms in total. The average Bonchev–Trinajstić information content (AvgIpc) is 2.12. The Kier molecular flexibility index (Phi) is 8.00. The van der Waals surface area contributed by atoms with Crippen molar-refractivity contribution in [1.82, 2.24) is 5.32 Å². The summed E-state index contributed by atoms with van der Waals surface area (Å²) >= 11 is 0. The fourth-order valence-electron chi connectivity index (χ4n) is 1.85. The normalized spacial score (nSPS) is 26.4. The predicted octanol–water partition coefficient (Wildman–Crippen LogP) is -1.10. The Morgan fingerprint density at radius 1 is 1.06 bits per heavy atom. The van der Waals surface area contributed by atoms with Crippen LogP contribution < -0.4 is 15.1 Å². The zero-order valence-electron chi connectivity index (χ0n) is 9.32. The van der Waals surface area contributed by atoms with Gasteiger partial charge in [-0.05, 0) is 12.8 Å². The van der Waals surface area contributed by atoms with Crippen molar-refractivity contribution in [3.05, 3.63) is 0 Å². The van der Waals surface area contributed by atoms with Gasteiger partial charge >= 0.3 is 37.7 Å². The van der Waals surface area contributed by atoms with Gasteiger partial charge in [0.05, 0.1) is 0 Å². The summed E-state index contributed by atoms with van der Waals surface area (Å²) in [5, 5.41) is 2.28. The van der Waals surface area contributed by atoms with Gasteiger partial charge in [0.25, 0.3) is 0 Å². The van der Waals surface area contributed by atoms with Crippen molar-refractivity contribution >= 4 is 52.9 Å². The van der Waals surface area contributed by atoms with E-state index in [1.165, 1.54) is 0 Å². The molecular formula is C7H15CaNO6P2. The fraction of sp³-hybridized carbons (Fsp3) is 1.00. The van der Waals surface area contributed by atoms with Crippen LogP contribution in [0.15, 0.2) is 0 Å². The molecule has 1 rings (SSSR count). The van der Waals surface area contributed by atoms with Gasteiger partial charge < -0.3 is 28.7 Å². The van der Waals surface area contributed by atoms with E-state index >= 15 is 0 Å². The summed E-state index contributed by atoms with van der Waals surface area (Å²) < 4.78 is 21.7. The molecule has 0 amide bonds. The van der Waals surface area contributed by atoms with Crippen molar-refractivity contribution in [2.75, 3.05) is 0 Å². The Morgan fingerprint density at radius 2 is 1.47 bits per heavy atom. The second-order valence-corrected chi connectivity index (χ2v) is 7.70. The molecule has 2 unspecified atom stereocenters. The van der Waals surface area contributed by atoms with E-state index in [4.69, 9.17) is 9.79 Å². The second kappa shape index (κ2) is 7.34. The van der Waals surface area contributed by atoms with Crippen LogP contribution in [0.5, 0.6) is 0 Å². The molecule has 3 N–H and O–H groups in total. The Hall–Kier alpha value is 1.52. The number of hydrogen-bond acceptors (Lipinski definition) is 5. The predicted molar refractivity (Wildman–Crippen MR) is 59.2 cm³/mol. The third-order valence-corrected chi connectivity index (χ3v) is 5.89. The molecule has 2 atom stereocenters. The van der Waals surface area contributed by atoms with E-state index < -0.39 is 20.7 Å². The van der Waals surface area contributed by atoms with Crippen LogP contribution in [0.4, 0.5) is 0 Å². The largest absolute Gasteiger partial charge is 2.00 e. The molecule has 1 aliphatic carbocycles. The van der Waals surface area contributed by atoms with Crippen LogP contribution >= 0.6 is 15.2 Å². The summed E-state index contributed by atoms with van der Waals surface area (Å²) in [5.41, 5.74) is -2.29. The second-order valence-electron chi connectivity index (χ2n) is 4.00. The summed E-state index contributed by atoms with van der Waals surface area (Å²) in [5.74, 6) is 0. The molecule has 0 radical (unpaired) electrons. The smallest absolute Gasteiger partial charge is 0.777 e. The van der Waals surface area contributed by atoms with Crippen LogP contribution in [0.3, 0.4) is 0 Å². The fourth-order valence-corrected chi connectivity index (χ4v) is 4.13. The first kappa shape index (κ1) is 18.5. The maximum atomic E-state index is 10.8. The molecular weight excluding hydrogens is 296 g/mol. The minimum Gasteiger partial charge on any atom is -0.777 e. The van der Waals surface area contributed by atoms with Gasteiger partial charge in [0.15, 0.2) is 15.2 Å². The summed E-state index contributed by atoms with van der Waals surface area (Å²) in [6, 6.07) is -0.303. The van der Waals surface area contributed by atoms with Crippen molar-refractivity contribution < 1.29 is 28.7 Å². The van der Waals surface area contributed by atoms with E-state index in [0.29, 0.717) is 12.8 Å². The van der Waals surface area contributed by atoms with E-state index in [1.54, 1.807) is 0 Å². The minimum atomic E-state index is -5.15. The Labute approximate surface area is 130 Å². The van der Waals surface area contributed by atoms with E-state index in [1.807, 2.05) is 0 Å². The van der Waals surface area contributed by atoms with Crippen molar-refractivity contribution in [1.29, 1.82) is 0 Å². The molecule has 1 aliphatic rings. The first-order valence-corrected chi connectivity index (χ1v) is 8.33. The zero-order valence-corrected chi connectivity index (χ0v) is 13.3. The molecule has 1 fully saturated rings. The molecule has 1 saturated carbocycles. The van der Waals surface area contributed by atoms with Gasteiger partial charge in [-0.1, -0.05) is 19.3 Å². The third kappa shape index (κ3) is 6.48.